The van der Waals surface area contributed by atoms with Crippen LogP contribution in [0.5, 0.6) is 5.75 Å². The average Bonchev–Trinajstić information content (AvgIpc) is 2.41. The second kappa shape index (κ2) is 5.61. The molecule has 0 aromatic heterocycles. The van der Waals surface area contributed by atoms with Gasteiger partial charge in [-0.05, 0) is 37.1 Å². The van der Waals surface area contributed by atoms with Gasteiger partial charge in [-0.2, -0.15) is 10.2 Å². The smallest absolute Gasteiger partial charge is 0.128 e. The molecule has 0 saturated carbocycles. The molecular weight excluding hydrogens is 243 g/mol. The van der Waals surface area contributed by atoms with E-state index in [4.69, 9.17) is 4.74 Å². The Bertz CT molecular complexity index is 624. The van der Waals surface area contributed by atoms with E-state index in [0.29, 0.717) is 16.9 Å². The predicted octanol–water partition coefficient (Wildman–Crippen LogP) is 4.87. The number of hydrogen-bond donors (Lipinski definition) is 0. The van der Waals surface area contributed by atoms with Crippen molar-refractivity contribution in [3.05, 3.63) is 53.3 Å². The molecule has 0 aliphatic carbocycles. The molecule has 0 unspecified atom stereocenters. The van der Waals surface area contributed by atoms with Crippen LogP contribution >= 0.6 is 0 Å². The van der Waals surface area contributed by atoms with E-state index in [2.05, 4.69) is 10.2 Å². The summed E-state index contributed by atoms with van der Waals surface area (Å²) in [4.78, 5) is 0. The molecule has 0 amide bonds. The van der Waals surface area contributed by atoms with Crippen LogP contribution in [0.4, 0.5) is 15.8 Å². The number of benzene rings is 2. The van der Waals surface area contributed by atoms with Crippen LogP contribution < -0.4 is 4.74 Å². The third kappa shape index (κ3) is 3.16. The van der Waals surface area contributed by atoms with Gasteiger partial charge >= 0.3 is 0 Å². The Morgan fingerprint density at radius 2 is 1.47 bits per heavy atom. The first-order chi connectivity index (χ1) is 9.10. The Kier molecular flexibility index (Phi) is 3.90. The molecule has 0 heterocycles. The lowest BCUT2D eigenvalue weighted by molar-refractivity contribution is 0.412. The molecule has 0 spiro atoms. The molecule has 0 radical (unpaired) electrons. The molecule has 2 aromatic rings. The van der Waals surface area contributed by atoms with Gasteiger partial charge < -0.3 is 4.74 Å². The van der Waals surface area contributed by atoms with Crippen molar-refractivity contribution in [1.29, 1.82) is 0 Å². The number of halogens is 1. The third-order valence-electron chi connectivity index (χ3n) is 2.83. The largest absolute Gasteiger partial charge is 0.496 e. The number of hydrogen-bond acceptors (Lipinski definition) is 3. The maximum absolute atomic E-state index is 13.4. The van der Waals surface area contributed by atoms with Gasteiger partial charge in [-0.1, -0.05) is 12.1 Å². The lowest BCUT2D eigenvalue weighted by Gasteiger charge is -2.04. The van der Waals surface area contributed by atoms with E-state index in [1.165, 1.54) is 6.07 Å². The van der Waals surface area contributed by atoms with Crippen molar-refractivity contribution in [3.63, 3.8) is 0 Å². The minimum absolute atomic E-state index is 0.280. The van der Waals surface area contributed by atoms with Crippen LogP contribution in [0.15, 0.2) is 46.6 Å². The Labute approximate surface area is 111 Å². The first-order valence-corrected chi connectivity index (χ1v) is 5.92. The summed E-state index contributed by atoms with van der Waals surface area (Å²) in [6.07, 6.45) is 0. The van der Waals surface area contributed by atoms with Gasteiger partial charge in [-0.25, -0.2) is 4.39 Å². The number of rotatable bonds is 3. The zero-order chi connectivity index (χ0) is 13.8. The van der Waals surface area contributed by atoms with E-state index in [9.17, 15) is 4.39 Å². The van der Waals surface area contributed by atoms with Crippen molar-refractivity contribution in [1.82, 2.24) is 0 Å². The second-order valence-electron chi connectivity index (χ2n) is 4.29. The monoisotopic (exact) mass is 258 g/mol. The fourth-order valence-electron chi connectivity index (χ4n) is 1.63. The van der Waals surface area contributed by atoms with Gasteiger partial charge in [0.05, 0.1) is 18.5 Å². The SMILES string of the molecule is COc1cc(N=Nc2ccc(C)c(F)c2)ccc1C. The Morgan fingerprint density at radius 3 is 2.05 bits per heavy atom. The van der Waals surface area contributed by atoms with Gasteiger partial charge in [-0.3, -0.25) is 0 Å². The molecule has 0 fully saturated rings. The maximum Gasteiger partial charge on any atom is 0.128 e. The molecule has 0 N–H and O–H groups in total. The van der Waals surface area contributed by atoms with E-state index in [1.54, 1.807) is 32.2 Å². The van der Waals surface area contributed by atoms with E-state index in [-0.39, 0.29) is 5.82 Å². The lowest BCUT2D eigenvalue weighted by atomic mass is 10.2. The molecule has 19 heavy (non-hydrogen) atoms. The highest BCUT2D eigenvalue weighted by Gasteiger charge is 2.00. The minimum atomic E-state index is -0.280. The topological polar surface area (TPSA) is 34.0 Å². The highest BCUT2D eigenvalue weighted by Crippen LogP contribution is 2.26. The second-order valence-corrected chi connectivity index (χ2v) is 4.29. The van der Waals surface area contributed by atoms with Gasteiger partial charge in [0.25, 0.3) is 0 Å². The zero-order valence-electron chi connectivity index (χ0n) is 11.1. The Hall–Kier alpha value is -2.23. The highest BCUT2D eigenvalue weighted by atomic mass is 19.1. The summed E-state index contributed by atoms with van der Waals surface area (Å²) in [5, 5.41) is 8.09. The normalized spacial score (nSPS) is 10.9. The van der Waals surface area contributed by atoms with Crippen molar-refractivity contribution in [2.75, 3.05) is 7.11 Å². The standard InChI is InChI=1S/C15H15FN2O/c1-10-4-6-12(8-14(10)16)17-18-13-7-5-11(2)15(9-13)19-3/h4-9H,1-3H3. The molecule has 0 bridgehead atoms. The molecule has 0 aliphatic heterocycles. The summed E-state index contributed by atoms with van der Waals surface area (Å²) < 4.78 is 18.6. The van der Waals surface area contributed by atoms with Crippen LogP contribution in [0.2, 0.25) is 0 Å². The summed E-state index contributed by atoms with van der Waals surface area (Å²) in [5.74, 6) is 0.476. The molecule has 0 atom stereocenters. The van der Waals surface area contributed by atoms with Crippen LogP contribution in [0, 0.1) is 19.7 Å². The van der Waals surface area contributed by atoms with Crippen molar-refractivity contribution in [2.45, 2.75) is 13.8 Å². The highest BCUT2D eigenvalue weighted by molar-refractivity contribution is 5.48. The number of nitrogens with zero attached hydrogens (tertiary/aromatic N) is 2. The average molecular weight is 258 g/mol. The number of aryl methyl sites for hydroxylation is 2. The summed E-state index contributed by atoms with van der Waals surface area (Å²) in [6, 6.07) is 10.3. The minimum Gasteiger partial charge on any atom is -0.496 e. The van der Waals surface area contributed by atoms with Gasteiger partial charge in [-0.15, -0.1) is 0 Å². The zero-order valence-corrected chi connectivity index (χ0v) is 11.1. The summed E-state index contributed by atoms with van der Waals surface area (Å²) >= 11 is 0. The summed E-state index contributed by atoms with van der Waals surface area (Å²) in [5.41, 5.74) is 2.78. The van der Waals surface area contributed by atoms with Crippen LogP contribution in [0.1, 0.15) is 11.1 Å². The van der Waals surface area contributed by atoms with Gasteiger partial charge in [0.1, 0.15) is 11.6 Å². The Balaban J connectivity index is 2.24. The third-order valence-corrected chi connectivity index (χ3v) is 2.83. The van der Waals surface area contributed by atoms with E-state index < -0.39 is 0 Å². The number of ether oxygens (including phenoxy) is 1. The number of azo groups is 1. The maximum atomic E-state index is 13.4. The van der Waals surface area contributed by atoms with Crippen LogP contribution in [-0.2, 0) is 0 Å². The van der Waals surface area contributed by atoms with Crippen molar-refractivity contribution in [3.8, 4) is 5.75 Å². The van der Waals surface area contributed by atoms with Crippen molar-refractivity contribution < 1.29 is 9.13 Å². The quantitative estimate of drug-likeness (QED) is 0.723. The first-order valence-electron chi connectivity index (χ1n) is 5.92. The van der Waals surface area contributed by atoms with E-state index >= 15 is 0 Å². The molecule has 2 rings (SSSR count). The van der Waals surface area contributed by atoms with Gasteiger partial charge in [0.15, 0.2) is 0 Å². The fourth-order valence-corrected chi connectivity index (χ4v) is 1.63. The molecule has 3 nitrogen and oxygen atoms in total. The van der Waals surface area contributed by atoms with Crippen molar-refractivity contribution >= 4 is 11.4 Å². The van der Waals surface area contributed by atoms with Gasteiger partial charge in [0.2, 0.25) is 0 Å². The lowest BCUT2D eigenvalue weighted by Crippen LogP contribution is -1.85. The molecule has 4 heteroatoms. The van der Waals surface area contributed by atoms with Crippen LogP contribution in [0.3, 0.4) is 0 Å². The van der Waals surface area contributed by atoms with Crippen LogP contribution in [0.25, 0.3) is 0 Å². The summed E-state index contributed by atoms with van der Waals surface area (Å²) in [7, 11) is 1.61. The molecule has 0 saturated heterocycles. The fraction of sp³-hybridized carbons (Fsp3) is 0.200. The predicted molar refractivity (Wildman–Crippen MR) is 73.0 cm³/mol. The van der Waals surface area contributed by atoms with Gasteiger partial charge in [0, 0.05) is 12.1 Å². The van der Waals surface area contributed by atoms with Crippen LogP contribution in [-0.4, -0.2) is 7.11 Å². The molecule has 0 aliphatic rings. The molecular formula is C15H15FN2O. The molecule has 2 aromatic carbocycles. The molecule has 98 valence electrons. The first kappa shape index (κ1) is 13.2. The van der Waals surface area contributed by atoms with E-state index in [0.717, 1.165) is 11.3 Å². The Morgan fingerprint density at radius 1 is 0.895 bits per heavy atom. The number of methoxy groups -OCH3 is 1. The van der Waals surface area contributed by atoms with E-state index in [1.807, 2.05) is 19.1 Å². The summed E-state index contributed by atoms with van der Waals surface area (Å²) in [6.45, 7) is 3.66. The van der Waals surface area contributed by atoms with Crippen molar-refractivity contribution in [2.24, 2.45) is 10.2 Å².